The number of rotatable bonds is 10. The Balaban J connectivity index is 1.10. The van der Waals surface area contributed by atoms with Gasteiger partial charge in [0.2, 0.25) is 0 Å². The molecule has 11 aromatic rings. The molecule has 67 heavy (non-hydrogen) atoms. The zero-order valence-electron chi connectivity index (χ0n) is 36.5. The smallest absolute Gasteiger partial charge is 0.116 e. The van der Waals surface area contributed by atoms with Crippen LogP contribution in [-0.2, 0) is 0 Å². The summed E-state index contributed by atoms with van der Waals surface area (Å²) in [5.41, 5.74) is 20.6. The van der Waals surface area contributed by atoms with E-state index >= 15 is 0 Å². The number of nitrogens with zero attached hydrogens (tertiary/aromatic N) is 3. The highest BCUT2D eigenvalue weighted by Gasteiger charge is 2.19. The summed E-state index contributed by atoms with van der Waals surface area (Å²) in [5, 5.41) is 10.4. The van der Waals surface area contributed by atoms with Crippen LogP contribution >= 0.6 is 0 Å². The van der Waals surface area contributed by atoms with Crippen molar-refractivity contribution < 1.29 is 5.11 Å². The van der Waals surface area contributed by atoms with Crippen LogP contribution in [0.3, 0.4) is 0 Å². The number of benzene rings is 8. The molecule has 11 rings (SSSR count). The molecule has 8 aromatic carbocycles. The van der Waals surface area contributed by atoms with Gasteiger partial charge >= 0.3 is 0 Å². The van der Waals surface area contributed by atoms with Crippen molar-refractivity contribution in [3.8, 4) is 117 Å². The highest BCUT2D eigenvalue weighted by atomic mass is 16.3. The van der Waals surface area contributed by atoms with Gasteiger partial charge in [-0.05, 0) is 110 Å². The van der Waals surface area contributed by atoms with Crippen LogP contribution in [-0.4, -0.2) is 20.1 Å². The van der Waals surface area contributed by atoms with Crippen LogP contribution in [0.2, 0.25) is 0 Å². The van der Waals surface area contributed by atoms with Crippen LogP contribution in [0.15, 0.2) is 255 Å². The molecule has 0 fully saturated rings. The summed E-state index contributed by atoms with van der Waals surface area (Å²) in [6.07, 6.45) is 5.95. The maximum absolute atomic E-state index is 10.4. The fraction of sp³-hybridized carbons (Fsp3) is 0. The maximum atomic E-state index is 10.4. The van der Waals surface area contributed by atoms with Crippen molar-refractivity contribution in [2.45, 2.75) is 0 Å². The highest BCUT2D eigenvalue weighted by molar-refractivity contribution is 5.97. The van der Waals surface area contributed by atoms with E-state index in [0.29, 0.717) is 0 Å². The molecule has 0 saturated carbocycles. The van der Waals surface area contributed by atoms with Gasteiger partial charge < -0.3 is 5.11 Å². The molecular weight excluding hydrogens is 815 g/mol. The fourth-order valence-electron chi connectivity index (χ4n) is 9.05. The third-order valence-corrected chi connectivity index (χ3v) is 12.4. The van der Waals surface area contributed by atoms with Crippen molar-refractivity contribution in [2.24, 2.45) is 0 Å². The fourth-order valence-corrected chi connectivity index (χ4v) is 9.05. The lowest BCUT2D eigenvalue weighted by atomic mass is 9.85. The molecule has 3 heterocycles. The van der Waals surface area contributed by atoms with Crippen molar-refractivity contribution in [1.29, 1.82) is 0 Å². The van der Waals surface area contributed by atoms with E-state index in [1.807, 2.05) is 73.2 Å². The van der Waals surface area contributed by atoms with Crippen LogP contribution in [0.4, 0.5) is 0 Å². The normalized spacial score (nSPS) is 11.0. The lowest BCUT2D eigenvalue weighted by molar-refractivity contribution is 0.475. The number of aromatic hydroxyl groups is 1. The molecule has 0 aliphatic heterocycles. The molecule has 0 amide bonds. The van der Waals surface area contributed by atoms with E-state index in [0.717, 1.165) is 112 Å². The molecule has 0 unspecified atom stereocenters. The van der Waals surface area contributed by atoms with Gasteiger partial charge in [-0.15, -0.1) is 0 Å². The average molecular weight is 858 g/mol. The van der Waals surface area contributed by atoms with Crippen molar-refractivity contribution in [3.05, 3.63) is 255 Å². The second-order valence-electron chi connectivity index (χ2n) is 16.6. The first-order valence-corrected chi connectivity index (χ1v) is 22.5. The highest BCUT2D eigenvalue weighted by Crippen LogP contribution is 2.44. The van der Waals surface area contributed by atoms with Crippen molar-refractivity contribution >= 4 is 0 Å². The molecule has 0 atom stereocenters. The topological polar surface area (TPSA) is 58.9 Å². The number of phenols is 1. The molecule has 0 aliphatic carbocycles. The van der Waals surface area contributed by atoms with Gasteiger partial charge in [0, 0.05) is 52.0 Å². The summed E-state index contributed by atoms with van der Waals surface area (Å²) in [4.78, 5) is 14.9. The van der Waals surface area contributed by atoms with Gasteiger partial charge in [-0.3, -0.25) is 15.0 Å². The predicted octanol–water partition coefficient (Wildman–Crippen LogP) is 16.2. The maximum Gasteiger partial charge on any atom is 0.116 e. The number of pyridine rings is 3. The minimum Gasteiger partial charge on any atom is -0.508 e. The first kappa shape index (κ1) is 40.8. The Bertz CT molecular complexity index is 3350. The van der Waals surface area contributed by atoms with E-state index in [1.165, 1.54) is 0 Å². The Kier molecular flexibility index (Phi) is 11.1. The molecule has 316 valence electrons. The van der Waals surface area contributed by atoms with E-state index in [-0.39, 0.29) is 5.75 Å². The van der Waals surface area contributed by atoms with Crippen LogP contribution in [0.1, 0.15) is 0 Å². The van der Waals surface area contributed by atoms with Crippen LogP contribution in [0.5, 0.6) is 5.75 Å². The van der Waals surface area contributed by atoms with Gasteiger partial charge in [-0.1, -0.05) is 188 Å². The summed E-state index contributed by atoms with van der Waals surface area (Å²) < 4.78 is 0. The van der Waals surface area contributed by atoms with Gasteiger partial charge in [-0.25, -0.2) is 0 Å². The Morgan fingerprint density at radius 2 is 0.597 bits per heavy atom. The van der Waals surface area contributed by atoms with Gasteiger partial charge in [0.05, 0.1) is 17.1 Å². The van der Waals surface area contributed by atoms with Gasteiger partial charge in [0.1, 0.15) is 5.75 Å². The minimum absolute atomic E-state index is 0.203. The summed E-state index contributed by atoms with van der Waals surface area (Å²) >= 11 is 0. The lowest BCUT2D eigenvalue weighted by Crippen LogP contribution is -1.95. The SMILES string of the molecule is Oc1cccc(-c2cc(-c3ccccc3)c(-c3ccccc3-c3cc(-c4ccccc4-c4ccc(-c5ccccc5)nc4)cc(-c4ccccc4-c4ccc(-c5ccccc5)nc4)c3)cn2)c1. The molecule has 0 aliphatic rings. The molecule has 4 heteroatoms. The molecular formula is C63H43N3O. The first-order valence-electron chi connectivity index (χ1n) is 22.5. The molecule has 1 N–H and O–H groups in total. The molecule has 0 radical (unpaired) electrons. The Labute approximate surface area is 390 Å². The third-order valence-electron chi connectivity index (χ3n) is 12.4. The Hall–Kier alpha value is -8.99. The van der Waals surface area contributed by atoms with Crippen LogP contribution in [0, 0.1) is 0 Å². The van der Waals surface area contributed by atoms with Gasteiger partial charge in [-0.2, -0.15) is 0 Å². The van der Waals surface area contributed by atoms with E-state index < -0.39 is 0 Å². The second-order valence-corrected chi connectivity index (χ2v) is 16.6. The number of hydrogen-bond acceptors (Lipinski definition) is 4. The zero-order valence-corrected chi connectivity index (χ0v) is 36.5. The van der Waals surface area contributed by atoms with E-state index in [1.54, 1.807) is 12.1 Å². The van der Waals surface area contributed by atoms with Crippen molar-refractivity contribution in [1.82, 2.24) is 15.0 Å². The Morgan fingerprint density at radius 3 is 1.04 bits per heavy atom. The molecule has 4 nitrogen and oxygen atoms in total. The zero-order chi connectivity index (χ0) is 44.9. The van der Waals surface area contributed by atoms with E-state index in [4.69, 9.17) is 15.0 Å². The quantitative estimate of drug-likeness (QED) is 0.149. The first-order chi connectivity index (χ1) is 33.1. The van der Waals surface area contributed by atoms with Crippen LogP contribution in [0.25, 0.3) is 112 Å². The number of phenolic OH excluding ortho intramolecular Hbond substituents is 1. The second kappa shape index (κ2) is 18.2. The molecule has 0 spiro atoms. The van der Waals surface area contributed by atoms with E-state index in [9.17, 15) is 5.11 Å². The number of hydrogen-bond donors (Lipinski definition) is 1. The largest absolute Gasteiger partial charge is 0.508 e. The van der Waals surface area contributed by atoms with E-state index in [2.05, 4.69) is 170 Å². The average Bonchev–Trinajstić information content (AvgIpc) is 3.41. The molecule has 3 aromatic heterocycles. The summed E-state index contributed by atoms with van der Waals surface area (Å²) in [6.45, 7) is 0. The summed E-state index contributed by atoms with van der Waals surface area (Å²) in [7, 11) is 0. The molecule has 0 bridgehead atoms. The third kappa shape index (κ3) is 8.44. The standard InChI is InChI=1S/C63H43N3O/c67-52-24-16-23-46(38-52)63-39-59(43-17-4-1-5-18-43)60(42-66-63)58-30-15-14-29-57(58)51-36-49(55-27-12-10-25-53(55)47-31-33-61(64-40-47)44-19-6-2-7-20-44)35-50(37-51)56-28-13-11-26-54(56)48-32-34-62(65-41-48)45-21-8-3-9-22-45/h1-42,67H. The number of aromatic nitrogens is 3. The minimum atomic E-state index is 0.203. The van der Waals surface area contributed by atoms with Crippen LogP contribution < -0.4 is 0 Å². The van der Waals surface area contributed by atoms with Crippen molar-refractivity contribution in [3.63, 3.8) is 0 Å². The Morgan fingerprint density at radius 1 is 0.209 bits per heavy atom. The summed E-state index contributed by atoms with van der Waals surface area (Å²) in [6, 6.07) is 81.9. The predicted molar refractivity (Wildman–Crippen MR) is 276 cm³/mol. The lowest BCUT2D eigenvalue weighted by Gasteiger charge is -2.19. The van der Waals surface area contributed by atoms with Crippen molar-refractivity contribution in [2.75, 3.05) is 0 Å². The molecule has 0 saturated heterocycles. The van der Waals surface area contributed by atoms with Gasteiger partial charge in [0.15, 0.2) is 0 Å². The monoisotopic (exact) mass is 857 g/mol. The van der Waals surface area contributed by atoms with Gasteiger partial charge in [0.25, 0.3) is 0 Å². The summed E-state index contributed by atoms with van der Waals surface area (Å²) in [5.74, 6) is 0.203.